The number of nitrogens with zero attached hydrogens (tertiary/aromatic N) is 3. The van der Waals surface area contributed by atoms with Crippen molar-refractivity contribution >= 4 is 59.8 Å². The van der Waals surface area contributed by atoms with E-state index in [1.54, 1.807) is 106 Å². The lowest BCUT2D eigenvalue weighted by atomic mass is 9.85. The molecule has 18 heteroatoms. The van der Waals surface area contributed by atoms with Gasteiger partial charge in [0.25, 0.3) is 5.91 Å². The van der Waals surface area contributed by atoms with Crippen LogP contribution in [0.5, 0.6) is 0 Å². The number of likely N-dealkylation sites (N-methyl/N-ethyl adjacent to an activating group) is 2. The van der Waals surface area contributed by atoms with Gasteiger partial charge in [-0.2, -0.15) is 0 Å². The van der Waals surface area contributed by atoms with Crippen LogP contribution in [0.3, 0.4) is 0 Å². The molecule has 2 aliphatic rings. The largest absolute Gasteiger partial charge is 0.480 e. The molecule has 5 N–H and O–H groups in total. The van der Waals surface area contributed by atoms with Crippen molar-refractivity contribution in [3.63, 3.8) is 0 Å². The van der Waals surface area contributed by atoms with Crippen LogP contribution in [0.15, 0.2) is 72.8 Å². The van der Waals surface area contributed by atoms with E-state index >= 15 is 0 Å². The Kier molecular flexibility index (Phi) is 19.1. The third-order valence-corrected chi connectivity index (χ3v) is 13.3. The highest BCUT2D eigenvalue weighted by Crippen LogP contribution is 2.32. The summed E-state index contributed by atoms with van der Waals surface area (Å²) in [6, 6.07) is 15.8. The van der Waals surface area contributed by atoms with Gasteiger partial charge in [-0.05, 0) is 126 Å². The molecule has 5 rings (SSSR count). The summed E-state index contributed by atoms with van der Waals surface area (Å²) < 4.78 is 10.8. The molecule has 7 amide bonds. The van der Waals surface area contributed by atoms with Crippen molar-refractivity contribution in [2.24, 2.45) is 5.41 Å². The normalized spacial score (nSPS) is 18.3. The highest BCUT2D eigenvalue weighted by atomic mass is 16.6. The van der Waals surface area contributed by atoms with Crippen LogP contribution in [-0.4, -0.2) is 136 Å². The second kappa shape index (κ2) is 24.4. The number of benzene rings is 3. The number of aryl methyl sites for hydroxylation is 1. The van der Waals surface area contributed by atoms with Crippen molar-refractivity contribution in [2.75, 3.05) is 20.6 Å². The fourth-order valence-electron chi connectivity index (χ4n) is 8.72. The first-order valence-corrected chi connectivity index (χ1v) is 25.5. The minimum atomic E-state index is -1.25. The summed E-state index contributed by atoms with van der Waals surface area (Å²) in [6.07, 6.45) is 4.93. The molecule has 18 nitrogen and oxygen atoms in total. The Morgan fingerprint density at radius 2 is 1.24 bits per heavy atom. The molecule has 0 radical (unpaired) electrons. The summed E-state index contributed by atoms with van der Waals surface area (Å²) in [4.78, 5) is 111. The van der Waals surface area contributed by atoms with Gasteiger partial charge in [0.1, 0.15) is 41.4 Å². The first-order chi connectivity index (χ1) is 34.9. The number of hydrogen-bond acceptors (Lipinski definition) is 10. The number of hydrogen-bond donors (Lipinski definition) is 5. The molecular weight excluding hydrogens is 959 g/mol. The van der Waals surface area contributed by atoms with E-state index in [2.05, 4.69) is 27.3 Å². The monoisotopic (exact) mass is 1040 g/mol. The van der Waals surface area contributed by atoms with E-state index in [9.17, 15) is 43.5 Å². The molecular formula is C57H77N7O11. The molecule has 1 saturated heterocycles. The average molecular weight is 1040 g/mol. The third-order valence-electron chi connectivity index (χ3n) is 13.3. The quantitative estimate of drug-likeness (QED) is 0.0926. The zero-order valence-corrected chi connectivity index (χ0v) is 45.7. The van der Waals surface area contributed by atoms with E-state index in [4.69, 9.17) is 9.47 Å². The van der Waals surface area contributed by atoms with Gasteiger partial charge in [0.05, 0.1) is 6.04 Å². The lowest BCUT2D eigenvalue weighted by Crippen LogP contribution is -2.60. The van der Waals surface area contributed by atoms with Crippen LogP contribution in [0.1, 0.15) is 140 Å². The minimum absolute atomic E-state index is 0.00171. The van der Waals surface area contributed by atoms with Crippen molar-refractivity contribution in [3.8, 4) is 0 Å². The number of aliphatic carboxylic acids is 1. The SMILES string of the molecule is C[C@@H](C(=O)N[C@@H](Cc1ccc(/C=C/c2ccc(C(=O)N[C@H]3C[C@@H](C(=O)N[C@@H]4CCCc5ccccc54)N(C(=O)[C@@H](NC(=O)[C@H](C)N(C)C(=O)OC(C)(C)C)C(C)(C)C)C3)cc2)cc1)C(=O)O)N(C)C(=O)OC(C)(C)C. The van der Waals surface area contributed by atoms with Crippen molar-refractivity contribution in [1.29, 1.82) is 0 Å². The fourth-order valence-corrected chi connectivity index (χ4v) is 8.72. The van der Waals surface area contributed by atoms with E-state index in [1.165, 1.54) is 30.8 Å². The Bertz CT molecular complexity index is 2600. The molecule has 75 heavy (non-hydrogen) atoms. The van der Waals surface area contributed by atoms with E-state index in [1.807, 2.05) is 42.5 Å². The number of carbonyl (C=O) groups is 8. The molecule has 1 aliphatic carbocycles. The lowest BCUT2D eigenvalue weighted by Gasteiger charge is -2.37. The maximum atomic E-state index is 14.8. The summed E-state index contributed by atoms with van der Waals surface area (Å²) in [5.41, 5.74) is 2.40. The van der Waals surface area contributed by atoms with Crippen LogP contribution >= 0.6 is 0 Å². The van der Waals surface area contributed by atoms with Crippen LogP contribution in [0, 0.1) is 5.41 Å². The van der Waals surface area contributed by atoms with Crippen LogP contribution < -0.4 is 21.3 Å². The molecule has 0 bridgehead atoms. The van der Waals surface area contributed by atoms with Crippen molar-refractivity contribution in [3.05, 3.63) is 106 Å². The number of nitrogens with one attached hydrogen (secondary N) is 4. The van der Waals surface area contributed by atoms with Crippen LogP contribution in [0.2, 0.25) is 0 Å². The zero-order chi connectivity index (χ0) is 55.7. The smallest absolute Gasteiger partial charge is 0.410 e. The van der Waals surface area contributed by atoms with E-state index in [0.717, 1.165) is 46.4 Å². The minimum Gasteiger partial charge on any atom is -0.480 e. The van der Waals surface area contributed by atoms with Gasteiger partial charge in [-0.15, -0.1) is 0 Å². The standard InChI is InChI=1S/C57H77N7O11/c1-34(62(12)53(72)74-56(6,7)8)47(65)60-44(52(70)71)31-38-25-23-36(24-26-38)21-22-37-27-29-40(30-28-37)49(67)58-41-32-45(50(68)59-43-20-16-18-39-17-14-15-19-42(39)43)64(33-41)51(69)46(55(3,4)5)61-48(66)35(2)63(13)54(73)75-57(9,10)11/h14-15,17,19,21-30,34-35,41,43-46H,16,18,20,31-33H2,1-13H3,(H,58,67)(H,59,68)(H,60,65)(H,61,66)(H,70,71)/b22-21+/t34-,35-,41-,43+,44-,45-,46+/m0/s1. The predicted octanol–water partition coefficient (Wildman–Crippen LogP) is 6.90. The Hall–Kier alpha value is -7.24. The first kappa shape index (κ1) is 58.6. The molecule has 1 aliphatic heterocycles. The molecule has 0 spiro atoms. The lowest BCUT2D eigenvalue weighted by molar-refractivity contribution is -0.144. The molecule has 0 aromatic heterocycles. The Balaban J connectivity index is 1.26. The van der Waals surface area contributed by atoms with Crippen molar-refractivity contribution < 1.29 is 52.9 Å². The van der Waals surface area contributed by atoms with Gasteiger partial charge in [0.15, 0.2) is 0 Å². The highest BCUT2D eigenvalue weighted by molar-refractivity contribution is 5.97. The third kappa shape index (κ3) is 16.4. The number of carbonyl (C=O) groups excluding carboxylic acids is 7. The average Bonchev–Trinajstić information content (AvgIpc) is 3.76. The molecule has 1 fully saturated rings. The van der Waals surface area contributed by atoms with E-state index < -0.39 is 94.7 Å². The van der Waals surface area contributed by atoms with Gasteiger partial charge >= 0.3 is 18.2 Å². The first-order valence-electron chi connectivity index (χ1n) is 25.5. The molecule has 3 aromatic rings. The molecule has 0 unspecified atom stereocenters. The molecule has 406 valence electrons. The van der Waals surface area contributed by atoms with Gasteiger partial charge in [0.2, 0.25) is 23.6 Å². The van der Waals surface area contributed by atoms with Gasteiger partial charge in [-0.25, -0.2) is 14.4 Å². The number of amides is 7. The number of rotatable bonds is 16. The van der Waals surface area contributed by atoms with E-state index in [-0.39, 0.29) is 31.3 Å². The van der Waals surface area contributed by atoms with Gasteiger partial charge < -0.3 is 40.7 Å². The fraction of sp³-hybridized carbons (Fsp3) is 0.509. The molecule has 0 saturated carbocycles. The number of carboxylic acid groups (broad SMARTS) is 1. The highest BCUT2D eigenvalue weighted by Gasteiger charge is 2.46. The van der Waals surface area contributed by atoms with Crippen molar-refractivity contribution in [1.82, 2.24) is 36.0 Å². The summed E-state index contributed by atoms with van der Waals surface area (Å²) >= 11 is 0. The maximum Gasteiger partial charge on any atom is 0.410 e. The summed E-state index contributed by atoms with van der Waals surface area (Å²) in [5.74, 6) is -3.72. The second-order valence-corrected chi connectivity index (χ2v) is 22.7. The Labute approximate surface area is 441 Å². The number of fused-ring (bicyclic) bond motifs is 1. The topological polar surface area (TPSA) is 233 Å². The zero-order valence-electron chi connectivity index (χ0n) is 45.7. The van der Waals surface area contributed by atoms with Gasteiger partial charge in [-0.3, -0.25) is 33.8 Å². The number of ether oxygens (including phenoxy) is 2. The van der Waals surface area contributed by atoms with Crippen LogP contribution in [0.25, 0.3) is 12.2 Å². The second-order valence-electron chi connectivity index (χ2n) is 22.7. The van der Waals surface area contributed by atoms with Gasteiger partial charge in [0, 0.05) is 38.7 Å². The summed E-state index contributed by atoms with van der Waals surface area (Å²) in [7, 11) is 2.86. The predicted molar refractivity (Wildman–Crippen MR) is 285 cm³/mol. The molecule has 7 atom stereocenters. The maximum absolute atomic E-state index is 14.8. The van der Waals surface area contributed by atoms with E-state index in [0.29, 0.717) is 11.1 Å². The number of carboxylic acids is 1. The molecule has 1 heterocycles. The Morgan fingerprint density at radius 3 is 1.76 bits per heavy atom. The van der Waals surface area contributed by atoms with Crippen molar-refractivity contribution in [2.45, 2.75) is 162 Å². The van der Waals surface area contributed by atoms with Crippen LogP contribution in [-0.2, 0) is 46.3 Å². The summed E-state index contributed by atoms with van der Waals surface area (Å²) in [6.45, 7) is 18.7. The Morgan fingerprint density at radius 1 is 0.720 bits per heavy atom. The number of likely N-dealkylation sites (tertiary alicyclic amines) is 1. The van der Waals surface area contributed by atoms with Gasteiger partial charge in [-0.1, -0.05) is 93.6 Å². The van der Waals surface area contributed by atoms with Crippen LogP contribution in [0.4, 0.5) is 9.59 Å². The molecule has 3 aromatic carbocycles. The summed E-state index contributed by atoms with van der Waals surface area (Å²) in [5, 5.41) is 21.6.